The molecule has 0 aliphatic heterocycles. The van der Waals surface area contributed by atoms with Crippen molar-refractivity contribution in [1.82, 2.24) is 0 Å². The molecule has 0 heterocycles. The van der Waals surface area contributed by atoms with Crippen LogP contribution < -0.4 is 5.73 Å². The van der Waals surface area contributed by atoms with E-state index in [9.17, 15) is 4.79 Å². The first-order valence-corrected chi connectivity index (χ1v) is 3.19. The molecule has 3 N–H and O–H groups in total. The van der Waals surface area contributed by atoms with Crippen LogP contribution in [0.25, 0.3) is 0 Å². The van der Waals surface area contributed by atoms with Gasteiger partial charge in [0.25, 0.3) is 0 Å². The number of carbonyl (C=O) groups excluding carboxylic acids is 1. The van der Waals surface area contributed by atoms with Gasteiger partial charge in [0.1, 0.15) is 0 Å². The molecule has 1 amide bonds. The van der Waals surface area contributed by atoms with E-state index in [2.05, 4.69) is 0 Å². The molecule has 0 aromatic rings. The Morgan fingerprint density at radius 2 is 2.11 bits per heavy atom. The van der Waals surface area contributed by atoms with Gasteiger partial charge in [-0.1, -0.05) is 0 Å². The van der Waals surface area contributed by atoms with Crippen molar-refractivity contribution in [3.8, 4) is 0 Å². The van der Waals surface area contributed by atoms with E-state index < -0.39 is 0 Å². The first-order valence-electron chi connectivity index (χ1n) is 3.19. The topological polar surface area (TPSA) is 63.3 Å². The predicted octanol–water partition coefficient (Wildman–Crippen LogP) is -0.902. The minimum absolute atomic E-state index is 0.0139. The summed E-state index contributed by atoms with van der Waals surface area (Å²) in [5.74, 6) is 0.210. The van der Waals surface area contributed by atoms with Crippen molar-refractivity contribution in [3.05, 3.63) is 0 Å². The Morgan fingerprint density at radius 1 is 1.56 bits per heavy atom. The monoisotopic (exact) mass is 127 g/mol. The lowest BCUT2D eigenvalue weighted by molar-refractivity contribution is -0.210. The Bertz CT molecular complexity index is 158. The molecule has 3 fully saturated rings. The molecule has 3 rings (SSSR count). The highest BCUT2D eigenvalue weighted by Crippen LogP contribution is 2.58. The maximum Gasteiger partial charge on any atom is 0.221 e. The third kappa shape index (κ3) is 0.399. The minimum atomic E-state index is -0.235. The van der Waals surface area contributed by atoms with E-state index in [1.807, 2.05) is 0 Å². The summed E-state index contributed by atoms with van der Waals surface area (Å²) in [5.41, 5.74) is 5.03. The molecular weight excluding hydrogens is 118 g/mol. The molecule has 0 spiro atoms. The number of carbonyl (C=O) groups is 1. The Kier molecular flexibility index (Phi) is 0.750. The fourth-order valence-electron chi connectivity index (χ4n) is 1.83. The van der Waals surface area contributed by atoms with E-state index in [1.54, 1.807) is 0 Å². The number of hydrogen-bond acceptors (Lipinski definition) is 2. The quantitative estimate of drug-likeness (QED) is 0.479. The van der Waals surface area contributed by atoms with Crippen molar-refractivity contribution in [2.24, 2.45) is 23.5 Å². The maximum absolute atomic E-state index is 10.5. The molecule has 0 aromatic carbocycles. The molecule has 0 radical (unpaired) electrons. The van der Waals surface area contributed by atoms with E-state index in [0.29, 0.717) is 0 Å². The summed E-state index contributed by atoms with van der Waals surface area (Å²) in [6.07, 6.45) is 0.803. The largest absolute Gasteiger partial charge is 0.392 e. The third-order valence-corrected chi connectivity index (χ3v) is 2.67. The molecule has 3 aliphatic rings. The summed E-state index contributed by atoms with van der Waals surface area (Å²) < 4.78 is 0. The minimum Gasteiger partial charge on any atom is -0.392 e. The molecule has 2 unspecified atom stereocenters. The van der Waals surface area contributed by atoms with Crippen LogP contribution in [0, 0.1) is 17.8 Å². The molecule has 0 saturated heterocycles. The van der Waals surface area contributed by atoms with E-state index in [-0.39, 0.29) is 29.8 Å². The first-order chi connectivity index (χ1) is 4.22. The number of aliphatic hydroxyl groups excluding tert-OH is 1. The van der Waals surface area contributed by atoms with Gasteiger partial charge in [-0.15, -0.1) is 0 Å². The molecule has 3 heteroatoms. The van der Waals surface area contributed by atoms with Crippen LogP contribution in [-0.4, -0.2) is 17.1 Å². The fraction of sp³-hybridized carbons (Fsp3) is 0.833. The highest BCUT2D eigenvalue weighted by molar-refractivity contribution is 5.80. The molecular formula is C6H9NO2. The average molecular weight is 127 g/mol. The number of rotatable bonds is 1. The van der Waals surface area contributed by atoms with Gasteiger partial charge in [-0.2, -0.15) is 0 Å². The average Bonchev–Trinajstić information content (AvgIpc) is 1.58. The lowest BCUT2D eigenvalue weighted by atomic mass is 9.45. The van der Waals surface area contributed by atoms with Crippen molar-refractivity contribution in [2.45, 2.75) is 12.5 Å². The van der Waals surface area contributed by atoms with Crippen LogP contribution in [-0.2, 0) is 4.79 Å². The smallest absolute Gasteiger partial charge is 0.221 e. The van der Waals surface area contributed by atoms with Gasteiger partial charge in [0.2, 0.25) is 5.91 Å². The molecule has 2 atom stereocenters. The fourth-order valence-corrected chi connectivity index (χ4v) is 1.83. The molecule has 50 valence electrons. The second-order valence-electron chi connectivity index (χ2n) is 2.98. The predicted molar refractivity (Wildman–Crippen MR) is 30.3 cm³/mol. The zero-order valence-electron chi connectivity index (χ0n) is 4.95. The Labute approximate surface area is 52.8 Å². The standard InChI is InChI=1S/C6H9NO2/c7-6(9)4-2-1-3(4)5(2)8/h2-5,8H,1H2,(H2,7,9). The van der Waals surface area contributed by atoms with E-state index >= 15 is 0 Å². The van der Waals surface area contributed by atoms with Crippen LogP contribution in [0.1, 0.15) is 6.42 Å². The summed E-state index contributed by atoms with van der Waals surface area (Å²) in [6.45, 7) is 0. The summed E-state index contributed by atoms with van der Waals surface area (Å²) in [7, 11) is 0. The van der Waals surface area contributed by atoms with E-state index in [4.69, 9.17) is 10.8 Å². The van der Waals surface area contributed by atoms with Crippen LogP contribution in [0.2, 0.25) is 0 Å². The van der Waals surface area contributed by atoms with Gasteiger partial charge in [-0.05, 0) is 18.3 Å². The zero-order valence-corrected chi connectivity index (χ0v) is 4.95. The van der Waals surface area contributed by atoms with Crippen molar-refractivity contribution < 1.29 is 9.90 Å². The molecule has 3 aliphatic carbocycles. The van der Waals surface area contributed by atoms with Crippen LogP contribution in [0.4, 0.5) is 0 Å². The Balaban J connectivity index is 2.03. The van der Waals surface area contributed by atoms with Gasteiger partial charge in [0.15, 0.2) is 0 Å². The number of primary amides is 1. The molecule has 0 aromatic heterocycles. The molecule has 3 nitrogen and oxygen atoms in total. The van der Waals surface area contributed by atoms with Gasteiger partial charge in [-0.25, -0.2) is 0 Å². The summed E-state index contributed by atoms with van der Waals surface area (Å²) in [6, 6.07) is 0. The van der Waals surface area contributed by atoms with Crippen molar-refractivity contribution in [1.29, 1.82) is 0 Å². The number of hydrogen-bond donors (Lipinski definition) is 2. The van der Waals surface area contributed by atoms with Gasteiger partial charge in [0, 0.05) is 5.92 Å². The SMILES string of the molecule is NC(=O)C1C2CC1C2O. The van der Waals surface area contributed by atoms with Crippen molar-refractivity contribution in [2.75, 3.05) is 0 Å². The van der Waals surface area contributed by atoms with Gasteiger partial charge in [0.05, 0.1) is 6.10 Å². The molecule has 3 saturated carbocycles. The Hall–Kier alpha value is -0.570. The summed E-state index contributed by atoms with van der Waals surface area (Å²) >= 11 is 0. The second kappa shape index (κ2) is 1.29. The van der Waals surface area contributed by atoms with Crippen LogP contribution in [0.5, 0.6) is 0 Å². The lowest BCUT2D eigenvalue weighted by Crippen LogP contribution is -2.67. The Morgan fingerprint density at radius 3 is 2.22 bits per heavy atom. The van der Waals surface area contributed by atoms with Crippen LogP contribution >= 0.6 is 0 Å². The molecule has 2 bridgehead atoms. The highest BCUT2D eigenvalue weighted by Gasteiger charge is 2.63. The van der Waals surface area contributed by atoms with Crippen LogP contribution in [0.15, 0.2) is 0 Å². The normalized spacial score (nSPS) is 53.4. The summed E-state index contributed by atoms with van der Waals surface area (Å²) in [4.78, 5) is 10.5. The zero-order chi connectivity index (χ0) is 6.59. The third-order valence-electron chi connectivity index (χ3n) is 2.67. The highest BCUT2D eigenvalue weighted by atomic mass is 16.3. The lowest BCUT2D eigenvalue weighted by Gasteiger charge is -2.60. The molecule has 9 heavy (non-hydrogen) atoms. The van der Waals surface area contributed by atoms with Gasteiger partial charge < -0.3 is 10.8 Å². The number of aliphatic hydroxyl groups is 1. The number of amides is 1. The maximum atomic E-state index is 10.5. The van der Waals surface area contributed by atoms with E-state index in [0.717, 1.165) is 6.42 Å². The van der Waals surface area contributed by atoms with Gasteiger partial charge >= 0.3 is 0 Å². The van der Waals surface area contributed by atoms with Crippen LogP contribution in [0.3, 0.4) is 0 Å². The first kappa shape index (κ1) is 5.23. The summed E-state index contributed by atoms with van der Waals surface area (Å²) in [5, 5.41) is 8.98. The van der Waals surface area contributed by atoms with Gasteiger partial charge in [-0.3, -0.25) is 4.79 Å². The van der Waals surface area contributed by atoms with Crippen molar-refractivity contribution >= 4 is 5.91 Å². The number of nitrogens with two attached hydrogens (primary N) is 1. The van der Waals surface area contributed by atoms with E-state index in [1.165, 1.54) is 0 Å². The second-order valence-corrected chi connectivity index (χ2v) is 2.98. The van der Waals surface area contributed by atoms with Crippen molar-refractivity contribution in [3.63, 3.8) is 0 Å².